The predicted octanol–water partition coefficient (Wildman–Crippen LogP) is 6.00. The molecule has 0 aliphatic carbocycles. The van der Waals surface area contributed by atoms with Gasteiger partial charge in [0.05, 0.1) is 0 Å². The van der Waals surface area contributed by atoms with Crippen molar-refractivity contribution in [2.45, 2.75) is 19.3 Å². The van der Waals surface area contributed by atoms with Crippen LogP contribution in [0.3, 0.4) is 0 Å². The summed E-state index contributed by atoms with van der Waals surface area (Å²) in [5, 5.41) is 0.440. The van der Waals surface area contributed by atoms with Gasteiger partial charge in [0.25, 0.3) is 5.91 Å². The first-order valence-corrected chi connectivity index (χ1v) is 11.8. The topological polar surface area (TPSA) is 54.3 Å². The summed E-state index contributed by atoms with van der Waals surface area (Å²) in [7, 11) is 5.16. The van der Waals surface area contributed by atoms with Crippen LogP contribution in [0.5, 0.6) is 0 Å². The Hall–Kier alpha value is -3.85. The average Bonchev–Trinajstić information content (AvgIpc) is 3.24. The Labute approximate surface area is 217 Å². The second kappa shape index (κ2) is 10.6. The van der Waals surface area contributed by atoms with Crippen LogP contribution in [0.1, 0.15) is 27.3 Å². The molecule has 4 aromatic rings. The zero-order valence-corrected chi connectivity index (χ0v) is 21.3. The summed E-state index contributed by atoms with van der Waals surface area (Å²) in [5.74, 6) is -0.0534. The van der Waals surface area contributed by atoms with Crippen molar-refractivity contribution in [3.8, 4) is 11.1 Å². The molecule has 0 bridgehead atoms. The largest absolute Gasteiger partial charge is 0.431 e. The number of benzene rings is 2. The molecule has 2 aromatic carbocycles. The van der Waals surface area contributed by atoms with E-state index >= 15 is 0 Å². The maximum absolute atomic E-state index is 14.3. The molecule has 0 saturated carbocycles. The van der Waals surface area contributed by atoms with Crippen LogP contribution < -0.4 is 4.90 Å². The van der Waals surface area contributed by atoms with Crippen molar-refractivity contribution in [3.05, 3.63) is 101 Å². The van der Waals surface area contributed by atoms with Gasteiger partial charge < -0.3 is 14.4 Å². The van der Waals surface area contributed by atoms with E-state index in [2.05, 4.69) is 9.97 Å². The summed E-state index contributed by atoms with van der Waals surface area (Å²) >= 11 is 6.01. The number of halogens is 4. The molecule has 10 heteroatoms. The normalized spacial score (nSPS) is 11.4. The molecule has 0 fully saturated rings. The monoisotopic (exact) mass is 527 g/mol. The van der Waals surface area contributed by atoms with Crippen LogP contribution in [-0.4, -0.2) is 46.5 Å². The Morgan fingerprint density at radius 1 is 0.946 bits per heavy atom. The smallest absolute Gasteiger partial charge is 0.347 e. The minimum Gasteiger partial charge on any atom is -0.347 e. The SMILES string of the molecule is CN(Cc1cnc(N(C)C)nc1)C(=O)c1c(-c2ccc(Cl)cc2)cc(C(F)(F)F)n1Cc1ccccc1. The van der Waals surface area contributed by atoms with E-state index in [4.69, 9.17) is 11.6 Å². The molecular weight excluding hydrogens is 503 g/mol. The molecule has 0 unspecified atom stereocenters. The highest BCUT2D eigenvalue weighted by Gasteiger charge is 2.38. The second-order valence-electron chi connectivity index (χ2n) is 8.82. The van der Waals surface area contributed by atoms with Gasteiger partial charge >= 0.3 is 6.18 Å². The zero-order valence-electron chi connectivity index (χ0n) is 20.5. The van der Waals surface area contributed by atoms with E-state index < -0.39 is 17.8 Å². The predicted molar refractivity (Wildman–Crippen MR) is 138 cm³/mol. The lowest BCUT2D eigenvalue weighted by Gasteiger charge is -2.21. The Kier molecular flexibility index (Phi) is 7.54. The van der Waals surface area contributed by atoms with Crippen LogP contribution in [0.15, 0.2) is 73.1 Å². The summed E-state index contributed by atoms with van der Waals surface area (Å²) in [5.41, 5.74) is 0.944. The second-order valence-corrected chi connectivity index (χ2v) is 9.25. The molecule has 37 heavy (non-hydrogen) atoms. The van der Waals surface area contributed by atoms with Crippen molar-refractivity contribution in [1.29, 1.82) is 0 Å². The third-order valence-electron chi connectivity index (χ3n) is 5.79. The van der Waals surface area contributed by atoms with E-state index in [-0.39, 0.29) is 24.3 Å². The van der Waals surface area contributed by atoms with Gasteiger partial charge in [-0.25, -0.2) is 9.97 Å². The molecule has 4 rings (SSSR count). The highest BCUT2D eigenvalue weighted by Crippen LogP contribution is 2.38. The van der Waals surface area contributed by atoms with Crippen molar-refractivity contribution in [3.63, 3.8) is 0 Å². The van der Waals surface area contributed by atoms with E-state index in [1.807, 2.05) is 14.1 Å². The number of carbonyl (C=O) groups is 1. The van der Waals surface area contributed by atoms with Crippen LogP contribution in [0, 0.1) is 0 Å². The minimum absolute atomic E-state index is 0.0631. The average molecular weight is 528 g/mol. The first kappa shape index (κ1) is 26.2. The molecule has 0 radical (unpaired) electrons. The number of nitrogens with zero attached hydrogens (tertiary/aromatic N) is 5. The molecule has 2 aromatic heterocycles. The lowest BCUT2D eigenvalue weighted by atomic mass is 10.0. The summed E-state index contributed by atoms with van der Waals surface area (Å²) < 4.78 is 43.8. The van der Waals surface area contributed by atoms with Crippen molar-refractivity contribution in [2.24, 2.45) is 0 Å². The van der Waals surface area contributed by atoms with E-state index in [0.29, 0.717) is 27.7 Å². The van der Waals surface area contributed by atoms with Crippen molar-refractivity contribution in [1.82, 2.24) is 19.4 Å². The summed E-state index contributed by atoms with van der Waals surface area (Å²) in [4.78, 5) is 25.4. The maximum atomic E-state index is 14.3. The number of aromatic nitrogens is 3. The van der Waals surface area contributed by atoms with Gasteiger partial charge in [0, 0.05) is 62.8 Å². The summed E-state index contributed by atoms with van der Waals surface area (Å²) in [6.07, 6.45) is -1.49. The van der Waals surface area contributed by atoms with Gasteiger partial charge in [-0.05, 0) is 29.3 Å². The fourth-order valence-corrected chi connectivity index (χ4v) is 4.11. The number of amides is 1. The maximum Gasteiger partial charge on any atom is 0.431 e. The Bertz CT molecular complexity index is 1370. The van der Waals surface area contributed by atoms with Gasteiger partial charge in [0.15, 0.2) is 0 Å². The van der Waals surface area contributed by atoms with E-state index in [9.17, 15) is 18.0 Å². The summed E-state index contributed by atoms with van der Waals surface area (Å²) in [6, 6.07) is 16.1. The lowest BCUT2D eigenvalue weighted by Crippen LogP contribution is -2.30. The van der Waals surface area contributed by atoms with Crippen molar-refractivity contribution in [2.75, 3.05) is 26.0 Å². The number of alkyl halides is 3. The number of hydrogen-bond acceptors (Lipinski definition) is 4. The molecule has 0 N–H and O–H groups in total. The van der Waals surface area contributed by atoms with Gasteiger partial charge in [-0.3, -0.25) is 4.79 Å². The Balaban J connectivity index is 1.81. The highest BCUT2D eigenvalue weighted by molar-refractivity contribution is 6.30. The molecule has 0 saturated heterocycles. The number of anilines is 1. The molecule has 2 heterocycles. The standard InChI is InChI=1S/C27H25ClF3N5O/c1-34(2)26-32-14-19(15-33-26)16-35(3)25(37)24-22(20-9-11-21(28)12-10-20)13-23(27(29,30)31)36(24)17-18-7-5-4-6-8-18/h4-15H,16-17H2,1-3H3. The van der Waals surface area contributed by atoms with Crippen molar-refractivity contribution >= 4 is 23.5 Å². The third kappa shape index (κ3) is 5.94. The molecule has 0 aliphatic rings. The van der Waals surface area contributed by atoms with Gasteiger partial charge in [0.2, 0.25) is 5.95 Å². The fourth-order valence-electron chi connectivity index (χ4n) is 3.98. The van der Waals surface area contributed by atoms with Crippen LogP contribution in [-0.2, 0) is 19.3 Å². The third-order valence-corrected chi connectivity index (χ3v) is 6.04. The number of rotatable bonds is 7. The van der Waals surface area contributed by atoms with Crippen molar-refractivity contribution < 1.29 is 18.0 Å². The van der Waals surface area contributed by atoms with Crippen LogP contribution >= 0.6 is 11.6 Å². The molecule has 0 atom stereocenters. The molecular formula is C27H25ClF3N5O. The molecule has 6 nitrogen and oxygen atoms in total. The lowest BCUT2D eigenvalue weighted by molar-refractivity contribution is -0.143. The minimum atomic E-state index is -4.68. The van der Waals surface area contributed by atoms with E-state index in [0.717, 1.165) is 10.6 Å². The number of hydrogen-bond donors (Lipinski definition) is 0. The van der Waals surface area contributed by atoms with Crippen LogP contribution in [0.25, 0.3) is 11.1 Å². The molecule has 1 amide bonds. The van der Waals surface area contributed by atoms with Gasteiger partial charge in [-0.1, -0.05) is 54.1 Å². The first-order chi connectivity index (χ1) is 17.5. The molecule has 0 aliphatic heterocycles. The van der Waals surface area contributed by atoms with Crippen LogP contribution in [0.4, 0.5) is 19.1 Å². The first-order valence-electron chi connectivity index (χ1n) is 11.4. The Morgan fingerprint density at radius 2 is 1.57 bits per heavy atom. The Morgan fingerprint density at radius 3 is 2.14 bits per heavy atom. The number of carbonyl (C=O) groups excluding carboxylic acids is 1. The highest BCUT2D eigenvalue weighted by atomic mass is 35.5. The van der Waals surface area contributed by atoms with Gasteiger partial charge in [-0.2, -0.15) is 13.2 Å². The fraction of sp³-hybridized carbons (Fsp3) is 0.222. The quantitative estimate of drug-likeness (QED) is 0.296. The molecule has 0 spiro atoms. The zero-order chi connectivity index (χ0) is 26.7. The van der Waals surface area contributed by atoms with Gasteiger partial charge in [-0.15, -0.1) is 0 Å². The van der Waals surface area contributed by atoms with Crippen LogP contribution in [0.2, 0.25) is 5.02 Å². The van der Waals surface area contributed by atoms with Gasteiger partial charge in [0.1, 0.15) is 11.4 Å². The molecule has 192 valence electrons. The van der Waals surface area contributed by atoms with E-state index in [1.165, 1.54) is 4.90 Å². The summed E-state index contributed by atoms with van der Waals surface area (Å²) in [6.45, 7) is -0.0106. The van der Waals surface area contributed by atoms with E-state index in [1.54, 1.807) is 78.9 Å².